The van der Waals surface area contributed by atoms with Gasteiger partial charge in [-0.15, -0.1) is 0 Å². The number of nitrogens with one attached hydrogen (secondary N) is 1. The molecule has 0 aromatic heterocycles. The zero-order valence-electron chi connectivity index (χ0n) is 14.0. The van der Waals surface area contributed by atoms with Gasteiger partial charge in [0.2, 0.25) is 6.79 Å². The molecule has 0 spiro atoms. The number of rotatable bonds is 2. The summed E-state index contributed by atoms with van der Waals surface area (Å²) in [5, 5.41) is 13.1. The summed E-state index contributed by atoms with van der Waals surface area (Å²) in [5.74, 6) is 1.04. The molecule has 2 heterocycles. The number of carboxylic acids is 1. The van der Waals surface area contributed by atoms with Gasteiger partial charge < -0.3 is 19.9 Å². The van der Waals surface area contributed by atoms with E-state index in [4.69, 9.17) is 9.47 Å². The predicted octanol–water partition coefficient (Wildman–Crippen LogP) is 5.47. The number of carboxylic acid groups (broad SMARTS) is 1. The number of halogens is 2. The van der Waals surface area contributed by atoms with Crippen LogP contribution in [0.2, 0.25) is 0 Å². The van der Waals surface area contributed by atoms with Crippen molar-refractivity contribution < 1.29 is 19.4 Å². The first-order chi connectivity index (χ1) is 13.0. The molecule has 7 heteroatoms. The van der Waals surface area contributed by atoms with Crippen molar-refractivity contribution in [3.05, 3.63) is 62.1 Å². The van der Waals surface area contributed by atoms with Crippen LogP contribution in [0.25, 0.3) is 0 Å². The molecule has 0 fully saturated rings. The summed E-state index contributed by atoms with van der Waals surface area (Å²) in [6.45, 7) is 0.239. The van der Waals surface area contributed by atoms with Crippen LogP contribution in [0.3, 0.4) is 0 Å². The highest BCUT2D eigenvalue weighted by Crippen LogP contribution is 2.53. The summed E-state index contributed by atoms with van der Waals surface area (Å²) >= 11 is 7.25. The molecule has 138 valence electrons. The van der Waals surface area contributed by atoms with Gasteiger partial charge in [0.1, 0.15) is 0 Å². The van der Waals surface area contributed by atoms with Gasteiger partial charge in [-0.25, -0.2) is 4.79 Å². The summed E-state index contributed by atoms with van der Waals surface area (Å²) in [5.41, 5.74) is 3.37. The van der Waals surface area contributed by atoms with Crippen molar-refractivity contribution in [2.75, 3.05) is 12.1 Å². The Balaban J connectivity index is 1.63. The molecule has 0 bridgehead atoms. The Morgan fingerprint density at radius 2 is 1.85 bits per heavy atom. The Morgan fingerprint density at radius 1 is 1.07 bits per heavy atom. The molecule has 5 rings (SSSR count). The quantitative estimate of drug-likeness (QED) is 0.544. The minimum Gasteiger partial charge on any atom is -0.478 e. The number of allylic oxidation sites excluding steroid dienone is 2. The lowest BCUT2D eigenvalue weighted by Gasteiger charge is -2.38. The largest absolute Gasteiger partial charge is 0.478 e. The minimum absolute atomic E-state index is 0.0633. The Morgan fingerprint density at radius 3 is 2.63 bits per heavy atom. The Hall–Kier alpha value is -1.99. The highest BCUT2D eigenvalue weighted by molar-refractivity contribution is 9.11. The fraction of sp³-hybridized carbons (Fsp3) is 0.250. The topological polar surface area (TPSA) is 67.8 Å². The van der Waals surface area contributed by atoms with Crippen LogP contribution >= 0.6 is 31.9 Å². The number of benzene rings is 2. The normalized spacial score (nSPS) is 24.3. The molecule has 3 aliphatic rings. The number of ether oxygens (including phenoxy) is 2. The summed E-state index contributed by atoms with van der Waals surface area (Å²) < 4.78 is 12.8. The molecule has 3 atom stereocenters. The standard InChI is InChI=1S/C20H15Br2NO4/c21-14-7-17-16(26-8-27-17)6-13(14)18-11-3-1-2-10(11)12-4-9(20(24)25)5-15(22)19(12)23-18/h1-2,4-7,10-11,18,23H,3,8H2,(H,24,25)/t10-,11-,18-/m1/s1. The lowest BCUT2D eigenvalue weighted by atomic mass is 9.76. The van der Waals surface area contributed by atoms with E-state index in [2.05, 4.69) is 49.3 Å². The highest BCUT2D eigenvalue weighted by atomic mass is 79.9. The first-order valence-corrected chi connectivity index (χ1v) is 10.2. The fourth-order valence-corrected chi connectivity index (χ4v) is 5.42. The second-order valence-electron chi connectivity index (χ2n) is 6.93. The third-order valence-electron chi connectivity index (χ3n) is 5.49. The van der Waals surface area contributed by atoms with E-state index in [9.17, 15) is 9.90 Å². The van der Waals surface area contributed by atoms with Crippen molar-refractivity contribution >= 4 is 43.5 Å². The molecule has 27 heavy (non-hydrogen) atoms. The molecule has 5 nitrogen and oxygen atoms in total. The average molecular weight is 493 g/mol. The maximum Gasteiger partial charge on any atom is 0.335 e. The molecule has 0 unspecified atom stereocenters. The van der Waals surface area contributed by atoms with Gasteiger partial charge in [0.05, 0.1) is 17.3 Å². The number of fused-ring (bicyclic) bond motifs is 4. The van der Waals surface area contributed by atoms with Crippen LogP contribution in [0, 0.1) is 5.92 Å². The molecule has 2 aromatic carbocycles. The first-order valence-electron chi connectivity index (χ1n) is 8.62. The average Bonchev–Trinajstić information content (AvgIpc) is 3.29. The molecule has 0 saturated heterocycles. The van der Waals surface area contributed by atoms with Gasteiger partial charge in [0, 0.05) is 14.9 Å². The van der Waals surface area contributed by atoms with Crippen LogP contribution in [0.5, 0.6) is 11.5 Å². The number of carbonyl (C=O) groups is 1. The van der Waals surface area contributed by atoms with Gasteiger partial charge in [-0.05, 0) is 63.7 Å². The maximum absolute atomic E-state index is 11.5. The minimum atomic E-state index is -0.919. The van der Waals surface area contributed by atoms with E-state index < -0.39 is 5.97 Å². The van der Waals surface area contributed by atoms with E-state index in [0.717, 1.165) is 43.7 Å². The fourth-order valence-electron chi connectivity index (χ4n) is 4.26. The second kappa shape index (κ2) is 6.27. The van der Waals surface area contributed by atoms with Crippen LogP contribution in [0.15, 0.2) is 45.4 Å². The van der Waals surface area contributed by atoms with Gasteiger partial charge in [-0.2, -0.15) is 0 Å². The van der Waals surface area contributed by atoms with Crippen LogP contribution in [0.4, 0.5) is 5.69 Å². The van der Waals surface area contributed by atoms with Crippen molar-refractivity contribution in [3.63, 3.8) is 0 Å². The summed E-state index contributed by atoms with van der Waals surface area (Å²) in [7, 11) is 0. The molecular formula is C20H15Br2NO4. The third kappa shape index (κ3) is 2.67. The first kappa shape index (κ1) is 17.1. The molecule has 1 aliphatic carbocycles. The summed E-state index contributed by atoms with van der Waals surface area (Å²) in [6, 6.07) is 7.49. The lowest BCUT2D eigenvalue weighted by molar-refractivity contribution is 0.0696. The van der Waals surface area contributed by atoms with Gasteiger partial charge in [0.25, 0.3) is 0 Å². The Labute approximate surface area is 172 Å². The van der Waals surface area contributed by atoms with Crippen LogP contribution < -0.4 is 14.8 Å². The zero-order valence-corrected chi connectivity index (χ0v) is 17.2. The van der Waals surface area contributed by atoms with Gasteiger partial charge in [-0.1, -0.05) is 28.1 Å². The molecular weight excluding hydrogens is 478 g/mol. The Kier molecular flexibility index (Phi) is 3.98. The molecule has 0 saturated carbocycles. The van der Waals surface area contributed by atoms with Crippen molar-refractivity contribution in [2.45, 2.75) is 18.4 Å². The van der Waals surface area contributed by atoms with E-state index in [-0.39, 0.29) is 18.8 Å². The Bertz CT molecular complexity index is 1000. The number of anilines is 1. The second-order valence-corrected chi connectivity index (χ2v) is 8.64. The smallest absolute Gasteiger partial charge is 0.335 e. The van der Waals surface area contributed by atoms with Gasteiger partial charge in [-0.3, -0.25) is 0 Å². The highest BCUT2D eigenvalue weighted by Gasteiger charge is 2.40. The SMILES string of the molecule is O=C(O)c1cc(Br)c2c(c1)[C@@H]1C=CC[C@H]1[C@H](c1cc3c(cc1Br)OCO3)N2. The predicted molar refractivity (Wildman–Crippen MR) is 108 cm³/mol. The summed E-state index contributed by atoms with van der Waals surface area (Å²) in [6.07, 6.45) is 5.30. The van der Waals surface area contributed by atoms with E-state index in [0.29, 0.717) is 11.5 Å². The number of aromatic carboxylic acids is 1. The van der Waals surface area contributed by atoms with Crippen LogP contribution in [0.1, 0.15) is 39.9 Å². The van der Waals surface area contributed by atoms with Crippen molar-refractivity contribution in [1.82, 2.24) is 0 Å². The van der Waals surface area contributed by atoms with Crippen LogP contribution in [-0.4, -0.2) is 17.9 Å². The molecule has 2 aliphatic heterocycles. The van der Waals surface area contributed by atoms with E-state index >= 15 is 0 Å². The lowest BCUT2D eigenvalue weighted by Crippen LogP contribution is -2.30. The van der Waals surface area contributed by atoms with Crippen molar-refractivity contribution in [2.24, 2.45) is 5.92 Å². The monoisotopic (exact) mass is 491 g/mol. The molecule has 0 radical (unpaired) electrons. The van der Waals surface area contributed by atoms with Gasteiger partial charge >= 0.3 is 5.97 Å². The third-order valence-corrected chi connectivity index (χ3v) is 6.81. The molecule has 2 aromatic rings. The van der Waals surface area contributed by atoms with Crippen molar-refractivity contribution in [1.29, 1.82) is 0 Å². The summed E-state index contributed by atoms with van der Waals surface area (Å²) in [4.78, 5) is 11.5. The van der Waals surface area contributed by atoms with E-state index in [1.54, 1.807) is 12.1 Å². The number of hydrogen-bond donors (Lipinski definition) is 2. The maximum atomic E-state index is 11.5. The molecule has 0 amide bonds. The zero-order chi connectivity index (χ0) is 18.7. The molecule has 2 N–H and O–H groups in total. The van der Waals surface area contributed by atoms with Crippen LogP contribution in [-0.2, 0) is 0 Å². The van der Waals surface area contributed by atoms with Gasteiger partial charge in [0.15, 0.2) is 11.5 Å². The van der Waals surface area contributed by atoms with E-state index in [1.165, 1.54) is 0 Å². The van der Waals surface area contributed by atoms with Crippen molar-refractivity contribution in [3.8, 4) is 11.5 Å². The number of hydrogen-bond acceptors (Lipinski definition) is 4. The van der Waals surface area contributed by atoms with E-state index in [1.807, 2.05) is 12.1 Å².